The van der Waals surface area contributed by atoms with E-state index in [1.54, 1.807) is 11.0 Å². The van der Waals surface area contributed by atoms with Crippen LogP contribution in [0.5, 0.6) is 0 Å². The molecule has 27 heavy (non-hydrogen) atoms. The quantitative estimate of drug-likeness (QED) is 0.683. The molecule has 2 N–H and O–H groups in total. The monoisotopic (exact) mass is 378 g/mol. The van der Waals surface area contributed by atoms with Gasteiger partial charge in [-0.25, -0.2) is 17.6 Å². The Hall–Kier alpha value is -2.94. The van der Waals surface area contributed by atoms with Crippen LogP contribution in [0.15, 0.2) is 36.7 Å². The molecule has 4 rings (SSSR count). The number of benzene rings is 1. The molecule has 0 unspecified atom stereocenters. The fraction of sp³-hybridized carbons (Fsp3) is 0.222. The first-order valence-corrected chi connectivity index (χ1v) is 8.13. The molecular weight excluding hydrogens is 364 g/mol. The van der Waals surface area contributed by atoms with Crippen LogP contribution in [-0.2, 0) is 6.54 Å². The Balaban J connectivity index is 1.45. The van der Waals surface area contributed by atoms with Crippen molar-refractivity contribution in [2.45, 2.75) is 12.5 Å². The Labute approximate surface area is 151 Å². The Morgan fingerprint density at radius 3 is 2.63 bits per heavy atom. The van der Waals surface area contributed by atoms with Gasteiger partial charge in [-0.2, -0.15) is 0 Å². The summed E-state index contributed by atoms with van der Waals surface area (Å²) >= 11 is 0. The van der Waals surface area contributed by atoms with E-state index >= 15 is 0 Å². The first-order chi connectivity index (χ1) is 12.8. The number of pyridine rings is 1. The summed E-state index contributed by atoms with van der Waals surface area (Å²) in [6, 6.07) is 5.14. The predicted octanol–water partition coefficient (Wildman–Crippen LogP) is 3.54. The van der Waals surface area contributed by atoms with Crippen LogP contribution in [0.1, 0.15) is 16.1 Å². The number of rotatable bonds is 4. The number of carbonyl (C=O) groups excluding carboxylic acids is 1. The second kappa shape index (κ2) is 6.34. The molecule has 5 nitrogen and oxygen atoms in total. The number of fused-ring (bicyclic) bond motifs is 1. The van der Waals surface area contributed by atoms with Crippen molar-refractivity contribution in [3.05, 3.63) is 59.6 Å². The summed E-state index contributed by atoms with van der Waals surface area (Å²) in [5.41, 5.74) is 1.49. The van der Waals surface area contributed by atoms with Crippen molar-refractivity contribution < 1.29 is 22.4 Å². The Kier molecular flexibility index (Phi) is 4.11. The molecule has 2 aromatic heterocycles. The fourth-order valence-electron chi connectivity index (χ4n) is 3.02. The number of hydrogen-bond donors (Lipinski definition) is 2. The summed E-state index contributed by atoms with van der Waals surface area (Å²) in [6.45, 7) is -0.311. The van der Waals surface area contributed by atoms with E-state index in [1.807, 2.05) is 0 Å². The number of alkyl halides is 2. The molecule has 140 valence electrons. The Morgan fingerprint density at radius 2 is 1.96 bits per heavy atom. The van der Waals surface area contributed by atoms with Gasteiger partial charge < -0.3 is 10.3 Å². The minimum atomic E-state index is -2.64. The van der Waals surface area contributed by atoms with Crippen LogP contribution in [0.2, 0.25) is 0 Å². The Morgan fingerprint density at radius 1 is 1.22 bits per heavy atom. The Bertz CT molecular complexity index is 1010. The normalized spacial score (nSPS) is 16.3. The summed E-state index contributed by atoms with van der Waals surface area (Å²) in [5, 5.41) is 2.95. The SMILES string of the molecule is O=C(Nc1c[nH]c2cc(F)c(F)cc12)c1ccc(CN2CC(F)(F)C2)nc1. The first-order valence-electron chi connectivity index (χ1n) is 8.13. The molecule has 0 atom stereocenters. The maximum absolute atomic E-state index is 13.4. The van der Waals surface area contributed by atoms with Crippen LogP contribution in [0.25, 0.3) is 10.9 Å². The number of amides is 1. The average Bonchev–Trinajstić information content (AvgIpc) is 2.96. The summed E-state index contributed by atoms with van der Waals surface area (Å²) < 4.78 is 52.4. The van der Waals surface area contributed by atoms with E-state index in [-0.39, 0.29) is 25.2 Å². The van der Waals surface area contributed by atoms with Gasteiger partial charge in [0.25, 0.3) is 11.8 Å². The molecule has 0 radical (unpaired) electrons. The summed E-state index contributed by atoms with van der Waals surface area (Å²) in [7, 11) is 0. The molecule has 1 amide bonds. The van der Waals surface area contributed by atoms with Crippen LogP contribution < -0.4 is 5.32 Å². The number of hydrogen-bond acceptors (Lipinski definition) is 3. The number of nitrogens with zero attached hydrogens (tertiary/aromatic N) is 2. The second-order valence-corrected chi connectivity index (χ2v) is 6.51. The van der Waals surface area contributed by atoms with Crippen molar-refractivity contribution in [2.24, 2.45) is 0 Å². The van der Waals surface area contributed by atoms with Gasteiger partial charge in [0.2, 0.25) is 0 Å². The van der Waals surface area contributed by atoms with Crippen molar-refractivity contribution in [3.8, 4) is 0 Å². The molecule has 1 aliphatic rings. The molecule has 0 saturated carbocycles. The molecule has 0 bridgehead atoms. The lowest BCUT2D eigenvalue weighted by atomic mass is 10.1. The number of H-pyrrole nitrogens is 1. The van der Waals surface area contributed by atoms with E-state index in [4.69, 9.17) is 0 Å². The smallest absolute Gasteiger partial charge is 0.272 e. The number of aromatic nitrogens is 2. The van der Waals surface area contributed by atoms with Crippen molar-refractivity contribution in [3.63, 3.8) is 0 Å². The molecule has 0 aliphatic carbocycles. The van der Waals surface area contributed by atoms with Gasteiger partial charge in [-0.1, -0.05) is 0 Å². The molecular formula is C18H14F4N4O. The molecule has 1 aliphatic heterocycles. The summed E-state index contributed by atoms with van der Waals surface area (Å²) in [6.07, 6.45) is 2.78. The third-order valence-corrected chi connectivity index (χ3v) is 4.35. The number of halogens is 4. The lowest BCUT2D eigenvalue weighted by Gasteiger charge is -2.38. The average molecular weight is 378 g/mol. The van der Waals surface area contributed by atoms with Crippen molar-refractivity contribution in [1.82, 2.24) is 14.9 Å². The topological polar surface area (TPSA) is 61.0 Å². The predicted molar refractivity (Wildman–Crippen MR) is 90.6 cm³/mol. The zero-order chi connectivity index (χ0) is 19.2. The molecule has 1 aromatic carbocycles. The van der Waals surface area contributed by atoms with Gasteiger partial charge in [0, 0.05) is 30.4 Å². The van der Waals surface area contributed by atoms with Gasteiger partial charge in [0.15, 0.2) is 11.6 Å². The van der Waals surface area contributed by atoms with Crippen LogP contribution in [0, 0.1) is 11.6 Å². The standard InChI is InChI=1S/C18H14F4N4O/c19-13-3-12-15(4-14(13)20)24-6-16(12)25-17(27)10-1-2-11(23-5-10)7-26-8-18(21,22)9-26/h1-6,24H,7-9H2,(H,25,27). The highest BCUT2D eigenvalue weighted by molar-refractivity contribution is 6.08. The molecule has 1 fully saturated rings. The van der Waals surface area contributed by atoms with E-state index in [2.05, 4.69) is 15.3 Å². The zero-order valence-corrected chi connectivity index (χ0v) is 13.9. The third kappa shape index (κ3) is 3.50. The van der Waals surface area contributed by atoms with Gasteiger partial charge in [-0.05, 0) is 18.2 Å². The fourth-order valence-corrected chi connectivity index (χ4v) is 3.02. The molecule has 3 heterocycles. The van der Waals surface area contributed by atoms with Gasteiger partial charge in [-0.3, -0.25) is 14.7 Å². The number of likely N-dealkylation sites (tertiary alicyclic amines) is 1. The third-order valence-electron chi connectivity index (χ3n) is 4.35. The summed E-state index contributed by atoms with van der Waals surface area (Å²) in [5.74, 6) is -5.11. The number of carbonyl (C=O) groups is 1. The largest absolute Gasteiger partial charge is 0.359 e. The van der Waals surface area contributed by atoms with E-state index in [1.165, 1.54) is 18.5 Å². The highest BCUT2D eigenvalue weighted by Gasteiger charge is 2.43. The number of anilines is 1. The lowest BCUT2D eigenvalue weighted by Crippen LogP contribution is -2.55. The second-order valence-electron chi connectivity index (χ2n) is 6.51. The van der Waals surface area contributed by atoms with Gasteiger partial charge >= 0.3 is 0 Å². The number of aromatic amines is 1. The van der Waals surface area contributed by atoms with Crippen molar-refractivity contribution in [2.75, 3.05) is 18.4 Å². The van der Waals surface area contributed by atoms with Crippen LogP contribution >= 0.6 is 0 Å². The van der Waals surface area contributed by atoms with Gasteiger partial charge in [-0.15, -0.1) is 0 Å². The van der Waals surface area contributed by atoms with Crippen molar-refractivity contribution in [1.29, 1.82) is 0 Å². The highest BCUT2D eigenvalue weighted by Crippen LogP contribution is 2.28. The zero-order valence-electron chi connectivity index (χ0n) is 13.9. The first kappa shape index (κ1) is 17.5. The molecule has 1 saturated heterocycles. The van der Waals surface area contributed by atoms with E-state index in [0.29, 0.717) is 22.3 Å². The van der Waals surface area contributed by atoms with E-state index in [0.717, 1.165) is 12.1 Å². The van der Waals surface area contributed by atoms with E-state index in [9.17, 15) is 22.4 Å². The molecule has 3 aromatic rings. The van der Waals surface area contributed by atoms with Crippen LogP contribution in [0.3, 0.4) is 0 Å². The van der Waals surface area contributed by atoms with Gasteiger partial charge in [0.05, 0.1) is 35.6 Å². The maximum atomic E-state index is 13.4. The molecule has 0 spiro atoms. The summed E-state index contributed by atoms with van der Waals surface area (Å²) in [4.78, 5) is 20.8. The minimum Gasteiger partial charge on any atom is -0.359 e. The van der Waals surface area contributed by atoms with E-state index < -0.39 is 23.5 Å². The van der Waals surface area contributed by atoms with Gasteiger partial charge in [0.1, 0.15) is 0 Å². The number of nitrogens with one attached hydrogen (secondary N) is 2. The molecule has 9 heteroatoms. The maximum Gasteiger partial charge on any atom is 0.272 e. The highest BCUT2D eigenvalue weighted by atomic mass is 19.3. The lowest BCUT2D eigenvalue weighted by molar-refractivity contribution is -0.134. The van der Waals surface area contributed by atoms with Crippen molar-refractivity contribution >= 4 is 22.5 Å². The minimum absolute atomic E-state index is 0.254. The van der Waals surface area contributed by atoms with Crippen LogP contribution in [-0.4, -0.2) is 39.8 Å². The van der Waals surface area contributed by atoms with Crippen LogP contribution in [0.4, 0.5) is 23.2 Å².